The zero-order valence-corrected chi connectivity index (χ0v) is 6.86. The maximum Gasteiger partial charge on any atom is 0.178 e. The topological polar surface area (TPSA) is 71.6 Å². The predicted molar refractivity (Wildman–Crippen MR) is 46.7 cm³/mol. The normalized spacial score (nSPS) is 8.54. The van der Waals surface area contributed by atoms with E-state index in [1.54, 1.807) is 12.4 Å². The van der Waals surface area contributed by atoms with Crippen LogP contribution < -0.4 is 10.6 Å². The molecule has 0 fully saturated rings. The highest BCUT2D eigenvalue weighted by atomic mass is 15.1. The highest BCUT2D eigenvalue weighted by Crippen LogP contribution is 2.07. The van der Waals surface area contributed by atoms with E-state index in [9.17, 15) is 0 Å². The van der Waals surface area contributed by atoms with Crippen LogP contribution in [0.15, 0.2) is 30.3 Å². The van der Waals surface area contributed by atoms with Crippen molar-refractivity contribution < 1.29 is 0 Å². The van der Waals surface area contributed by atoms with Crippen molar-refractivity contribution in [2.45, 2.75) is 6.17 Å². The summed E-state index contributed by atoms with van der Waals surface area (Å²) in [6.07, 6.45) is 3.14. The molecule has 2 N–H and O–H groups in total. The summed E-state index contributed by atoms with van der Waals surface area (Å²) >= 11 is 0. The summed E-state index contributed by atoms with van der Waals surface area (Å²) in [5.41, 5.74) is 0.852. The minimum absolute atomic E-state index is 0.434. The first kappa shape index (κ1) is 8.89. The smallest absolute Gasteiger partial charge is 0.178 e. The number of nitrogens with zero attached hydrogens (tertiary/aromatic N) is 2. The van der Waals surface area contributed by atoms with Gasteiger partial charge in [0.1, 0.15) is 6.17 Å². The van der Waals surface area contributed by atoms with Gasteiger partial charge < -0.3 is 0 Å². The van der Waals surface area contributed by atoms with Crippen molar-refractivity contribution in [1.82, 2.24) is 10.6 Å². The number of rotatable bonds is 3. The van der Waals surface area contributed by atoms with Crippen molar-refractivity contribution in [3.05, 3.63) is 35.9 Å². The van der Waals surface area contributed by atoms with Gasteiger partial charge in [-0.1, -0.05) is 30.3 Å². The van der Waals surface area contributed by atoms with E-state index in [0.717, 1.165) is 5.56 Å². The van der Waals surface area contributed by atoms with Gasteiger partial charge in [-0.25, -0.2) is 0 Å². The van der Waals surface area contributed by atoms with E-state index < -0.39 is 6.17 Å². The van der Waals surface area contributed by atoms with Gasteiger partial charge >= 0.3 is 0 Å². The lowest BCUT2D eigenvalue weighted by Crippen LogP contribution is -2.27. The maximum atomic E-state index is 8.41. The molecule has 0 saturated heterocycles. The minimum atomic E-state index is -0.434. The lowest BCUT2D eigenvalue weighted by Gasteiger charge is -2.12. The minimum Gasteiger partial charge on any atom is -0.298 e. The van der Waals surface area contributed by atoms with Gasteiger partial charge in [-0.2, -0.15) is 10.5 Å². The summed E-state index contributed by atoms with van der Waals surface area (Å²) in [4.78, 5) is 0. The highest BCUT2D eigenvalue weighted by molar-refractivity contribution is 5.19. The molecule has 0 aliphatic carbocycles. The van der Waals surface area contributed by atoms with Gasteiger partial charge in [0, 0.05) is 0 Å². The summed E-state index contributed by atoms with van der Waals surface area (Å²) in [7, 11) is 0. The summed E-state index contributed by atoms with van der Waals surface area (Å²) in [5, 5.41) is 21.8. The second-order valence-electron chi connectivity index (χ2n) is 2.36. The Bertz CT molecular complexity index is 317. The third-order valence-electron chi connectivity index (χ3n) is 1.55. The van der Waals surface area contributed by atoms with Crippen LogP contribution >= 0.6 is 0 Å². The largest absolute Gasteiger partial charge is 0.298 e. The molecule has 1 rings (SSSR count). The summed E-state index contributed by atoms with van der Waals surface area (Å²) < 4.78 is 0. The highest BCUT2D eigenvalue weighted by Gasteiger charge is 2.06. The maximum absolute atomic E-state index is 8.41. The van der Waals surface area contributed by atoms with Crippen LogP contribution in [-0.4, -0.2) is 0 Å². The number of hydrogen-bond donors (Lipinski definition) is 2. The third-order valence-corrected chi connectivity index (χ3v) is 1.55. The fraction of sp³-hybridized carbons (Fsp3) is 0.111. The van der Waals surface area contributed by atoms with E-state index in [-0.39, 0.29) is 0 Å². The van der Waals surface area contributed by atoms with Crippen LogP contribution in [0.3, 0.4) is 0 Å². The van der Waals surface area contributed by atoms with Gasteiger partial charge in [0.15, 0.2) is 12.4 Å². The Kier molecular flexibility index (Phi) is 3.17. The van der Waals surface area contributed by atoms with E-state index in [1.807, 2.05) is 30.3 Å². The molecular formula is C9H8N4. The Labute approximate surface area is 76.4 Å². The Morgan fingerprint density at radius 2 is 1.54 bits per heavy atom. The lowest BCUT2D eigenvalue weighted by atomic mass is 10.2. The summed E-state index contributed by atoms with van der Waals surface area (Å²) in [6, 6.07) is 9.24. The average Bonchev–Trinajstić information content (AvgIpc) is 2.19. The standard InChI is InChI=1S/C9H8N4/c10-6-12-9(13-7-11)8-4-2-1-3-5-8/h1-5,9,12-13H. The van der Waals surface area contributed by atoms with Crippen molar-refractivity contribution >= 4 is 0 Å². The Morgan fingerprint density at radius 3 is 2.00 bits per heavy atom. The number of benzene rings is 1. The number of nitriles is 2. The molecule has 0 aromatic heterocycles. The molecule has 1 aromatic rings. The molecule has 0 aliphatic rings. The number of hydrogen-bond acceptors (Lipinski definition) is 4. The van der Waals surface area contributed by atoms with Crippen LogP contribution in [0.5, 0.6) is 0 Å². The molecule has 1 aromatic carbocycles. The molecule has 0 saturated carbocycles. The van der Waals surface area contributed by atoms with Crippen LogP contribution in [0.25, 0.3) is 0 Å². The van der Waals surface area contributed by atoms with Gasteiger partial charge in [0.2, 0.25) is 0 Å². The second kappa shape index (κ2) is 4.63. The second-order valence-corrected chi connectivity index (χ2v) is 2.36. The predicted octanol–water partition coefficient (Wildman–Crippen LogP) is 0.827. The molecule has 0 heterocycles. The molecule has 0 atom stereocenters. The Hall–Kier alpha value is -2.20. The summed E-state index contributed by atoms with van der Waals surface area (Å²) in [6.45, 7) is 0. The molecule has 0 unspecified atom stereocenters. The van der Waals surface area contributed by atoms with Crippen molar-refractivity contribution in [1.29, 1.82) is 10.5 Å². The molecule has 0 radical (unpaired) electrons. The van der Waals surface area contributed by atoms with Crippen molar-refractivity contribution in [2.24, 2.45) is 0 Å². The van der Waals surface area contributed by atoms with Gasteiger partial charge in [-0.3, -0.25) is 10.6 Å². The molecule has 0 amide bonds. The van der Waals surface area contributed by atoms with Crippen LogP contribution in [-0.2, 0) is 0 Å². The first-order valence-corrected chi connectivity index (χ1v) is 3.72. The molecule has 64 valence electrons. The first-order valence-electron chi connectivity index (χ1n) is 3.72. The quantitative estimate of drug-likeness (QED) is 0.402. The van der Waals surface area contributed by atoms with Gasteiger partial charge in [0.25, 0.3) is 0 Å². The van der Waals surface area contributed by atoms with Crippen LogP contribution in [0.4, 0.5) is 0 Å². The van der Waals surface area contributed by atoms with Gasteiger partial charge in [-0.15, -0.1) is 0 Å². The van der Waals surface area contributed by atoms with Crippen molar-refractivity contribution in [3.8, 4) is 12.4 Å². The molecule has 13 heavy (non-hydrogen) atoms. The third kappa shape index (κ3) is 2.39. The summed E-state index contributed by atoms with van der Waals surface area (Å²) in [5.74, 6) is 0. The number of nitrogens with one attached hydrogen (secondary N) is 2. The molecule has 0 bridgehead atoms. The fourth-order valence-corrected chi connectivity index (χ4v) is 0.977. The molecule has 4 heteroatoms. The molecular weight excluding hydrogens is 164 g/mol. The monoisotopic (exact) mass is 172 g/mol. The molecule has 0 aliphatic heterocycles. The van der Waals surface area contributed by atoms with Crippen LogP contribution in [0.1, 0.15) is 11.7 Å². The molecule has 4 nitrogen and oxygen atoms in total. The van der Waals surface area contributed by atoms with E-state index in [2.05, 4.69) is 10.6 Å². The zero-order valence-electron chi connectivity index (χ0n) is 6.86. The Balaban J connectivity index is 2.78. The van der Waals surface area contributed by atoms with Crippen LogP contribution in [0.2, 0.25) is 0 Å². The zero-order chi connectivity index (χ0) is 9.52. The van der Waals surface area contributed by atoms with Crippen molar-refractivity contribution in [2.75, 3.05) is 0 Å². The first-order chi connectivity index (χ1) is 6.38. The lowest BCUT2D eigenvalue weighted by molar-refractivity contribution is 0.580. The van der Waals surface area contributed by atoms with Gasteiger partial charge in [0.05, 0.1) is 0 Å². The van der Waals surface area contributed by atoms with Gasteiger partial charge in [-0.05, 0) is 5.56 Å². The SMILES string of the molecule is N#CNC(NC#N)c1ccccc1. The van der Waals surface area contributed by atoms with Crippen LogP contribution in [0, 0.1) is 22.9 Å². The van der Waals surface area contributed by atoms with E-state index in [0.29, 0.717) is 0 Å². The van der Waals surface area contributed by atoms with E-state index in [1.165, 1.54) is 0 Å². The van der Waals surface area contributed by atoms with E-state index in [4.69, 9.17) is 10.5 Å². The molecule has 0 spiro atoms. The Morgan fingerprint density at radius 1 is 1.00 bits per heavy atom. The van der Waals surface area contributed by atoms with E-state index >= 15 is 0 Å². The van der Waals surface area contributed by atoms with Crippen molar-refractivity contribution in [3.63, 3.8) is 0 Å². The fourth-order valence-electron chi connectivity index (χ4n) is 0.977. The average molecular weight is 172 g/mol.